The van der Waals surface area contributed by atoms with Gasteiger partial charge in [-0.15, -0.1) is 5.56 Å². The molecular formula is C25H23INPPd. The molecule has 4 heteroatoms. The van der Waals surface area contributed by atoms with Gasteiger partial charge in [-0.25, -0.2) is 0 Å². The second kappa shape index (κ2) is 14.6. The molecule has 4 aromatic rings. The zero-order valence-corrected chi connectivity index (χ0v) is 20.5. The predicted molar refractivity (Wildman–Crippen MR) is 132 cm³/mol. The summed E-state index contributed by atoms with van der Waals surface area (Å²) in [7, 11) is -0.446. The summed E-state index contributed by atoms with van der Waals surface area (Å²) in [4.78, 5) is 0. The molecule has 0 heterocycles. The number of nitrogens with two attached hydrogens (primary N) is 1. The van der Waals surface area contributed by atoms with Crippen LogP contribution in [0.1, 0.15) is 5.56 Å². The Kier molecular flexibility index (Phi) is 12.1. The summed E-state index contributed by atoms with van der Waals surface area (Å²) in [6, 6.07) is 43.0. The smallest absolute Gasteiger partial charge is 0.0134 e. The van der Waals surface area contributed by atoms with E-state index in [4.69, 9.17) is 5.73 Å². The molecule has 0 aliphatic rings. The van der Waals surface area contributed by atoms with Crippen molar-refractivity contribution in [3.63, 3.8) is 0 Å². The second-order valence-electron chi connectivity index (χ2n) is 5.93. The monoisotopic (exact) mass is 601 g/mol. The van der Waals surface area contributed by atoms with Gasteiger partial charge in [-0.05, 0) is 30.4 Å². The van der Waals surface area contributed by atoms with Gasteiger partial charge in [-0.1, -0.05) is 91.0 Å². The Morgan fingerprint density at radius 2 is 1.00 bits per heavy atom. The zero-order chi connectivity index (χ0) is 20.7. The van der Waals surface area contributed by atoms with Crippen LogP contribution < -0.4 is 21.6 Å². The van der Waals surface area contributed by atoms with Gasteiger partial charge in [0, 0.05) is 0 Å². The molecule has 4 aromatic carbocycles. The maximum Gasteiger partial charge on any atom is -0.0134 e. The third-order valence-electron chi connectivity index (χ3n) is 4.04. The fraction of sp³-hybridized carbons (Fsp3) is 0.0400. The minimum absolute atomic E-state index is 0.446. The summed E-state index contributed by atoms with van der Waals surface area (Å²) >= 11 is 4.72. The molecule has 0 radical (unpaired) electrons. The van der Waals surface area contributed by atoms with E-state index in [1.54, 1.807) is 0 Å². The molecule has 0 aromatic heterocycles. The van der Waals surface area contributed by atoms with Crippen molar-refractivity contribution in [3.8, 4) is 0 Å². The number of hydrogen-bond acceptors (Lipinski definition) is 1. The largest absolute Gasteiger partial charge is 0.0622 e. The molecule has 0 saturated carbocycles. The summed E-state index contributed by atoms with van der Waals surface area (Å²) in [6.07, 6.45) is 0. The Morgan fingerprint density at radius 1 is 0.621 bits per heavy atom. The van der Waals surface area contributed by atoms with Crippen LogP contribution in [0, 0.1) is 6.07 Å². The minimum Gasteiger partial charge on any atom is -0.0622 e. The topological polar surface area (TPSA) is 26.0 Å². The number of benzene rings is 4. The first kappa shape index (κ1) is 23.9. The predicted octanol–water partition coefficient (Wildman–Crippen LogP) is 5.27. The van der Waals surface area contributed by atoms with Crippen LogP contribution in [0.3, 0.4) is 0 Å². The molecule has 0 unspecified atom stereocenters. The zero-order valence-electron chi connectivity index (χ0n) is 15.9. The fourth-order valence-corrected chi connectivity index (χ4v) is 5.04. The summed E-state index contributed by atoms with van der Waals surface area (Å²) in [6.45, 7) is 0.584. The third kappa shape index (κ3) is 8.13. The van der Waals surface area contributed by atoms with Crippen molar-refractivity contribution in [1.29, 1.82) is 0 Å². The van der Waals surface area contributed by atoms with Crippen LogP contribution in [0.5, 0.6) is 0 Å². The van der Waals surface area contributed by atoms with Crippen LogP contribution in [-0.4, -0.2) is 0 Å². The van der Waals surface area contributed by atoms with Gasteiger partial charge in [0.2, 0.25) is 0 Å². The SMILES string of the molecule is NCc1[c-]cccc1.[Pd+][I].c1ccc(P(c2ccccc2)c2ccccc2)cc1. The molecule has 0 fully saturated rings. The molecule has 0 saturated heterocycles. The maximum atomic E-state index is 5.32. The molecular weight excluding hydrogens is 579 g/mol. The quantitative estimate of drug-likeness (QED) is 0.147. The van der Waals surface area contributed by atoms with Crippen molar-refractivity contribution >= 4 is 43.3 Å². The normalized spacial score (nSPS) is 9.69. The van der Waals surface area contributed by atoms with Crippen molar-refractivity contribution in [1.82, 2.24) is 0 Å². The van der Waals surface area contributed by atoms with E-state index in [-0.39, 0.29) is 0 Å². The average Bonchev–Trinajstić information content (AvgIpc) is 2.84. The fourth-order valence-electron chi connectivity index (χ4n) is 2.74. The summed E-state index contributed by atoms with van der Waals surface area (Å²) in [5, 5.41) is 4.19. The number of hydrogen-bond donors (Lipinski definition) is 1. The van der Waals surface area contributed by atoms with Crippen LogP contribution in [0.15, 0.2) is 115 Å². The molecule has 0 spiro atoms. The molecule has 2 N–H and O–H groups in total. The molecule has 1 nitrogen and oxygen atoms in total. The first-order chi connectivity index (χ1) is 14.4. The maximum absolute atomic E-state index is 5.32. The van der Waals surface area contributed by atoms with Crippen LogP contribution in [0.2, 0.25) is 0 Å². The first-order valence-electron chi connectivity index (χ1n) is 9.11. The molecule has 150 valence electrons. The Hall–Kier alpha value is -1.34. The second-order valence-corrected chi connectivity index (χ2v) is 8.15. The number of rotatable bonds is 4. The summed E-state index contributed by atoms with van der Waals surface area (Å²) < 4.78 is 0. The van der Waals surface area contributed by atoms with E-state index >= 15 is 0 Å². The Labute approximate surface area is 196 Å². The van der Waals surface area contributed by atoms with Crippen molar-refractivity contribution in [2.45, 2.75) is 6.54 Å². The Bertz CT molecular complexity index is 812. The molecule has 0 aliphatic heterocycles. The van der Waals surface area contributed by atoms with Gasteiger partial charge >= 0.3 is 35.1 Å². The van der Waals surface area contributed by atoms with Gasteiger partial charge in [-0.3, -0.25) is 0 Å². The van der Waals surface area contributed by atoms with E-state index in [9.17, 15) is 0 Å². The van der Waals surface area contributed by atoms with Crippen molar-refractivity contribution in [2.75, 3.05) is 0 Å². The average molecular weight is 602 g/mol. The Morgan fingerprint density at radius 3 is 1.28 bits per heavy atom. The standard InChI is InChI=1S/C18H15P.C7H8N.HI.Pd/c1-4-10-16(11-5-1)19(17-12-6-2-7-13-17)18-14-8-3-9-15-18;8-6-7-4-2-1-3-5-7;;/h1-15H;1-4H,6,8H2;1H;/q;-1;;+2/p-1. The summed E-state index contributed by atoms with van der Waals surface area (Å²) in [5.41, 5.74) is 6.38. The summed E-state index contributed by atoms with van der Waals surface area (Å²) in [5.74, 6) is 0. The van der Waals surface area contributed by atoms with Crippen LogP contribution in [0.25, 0.3) is 0 Å². The van der Waals surface area contributed by atoms with Crippen molar-refractivity contribution in [3.05, 3.63) is 127 Å². The van der Waals surface area contributed by atoms with E-state index in [1.165, 1.54) is 15.9 Å². The van der Waals surface area contributed by atoms with Gasteiger partial charge in [-0.2, -0.15) is 30.3 Å². The van der Waals surface area contributed by atoms with Crippen LogP contribution in [0.4, 0.5) is 0 Å². The van der Waals surface area contributed by atoms with Gasteiger partial charge in [0.1, 0.15) is 0 Å². The molecule has 0 atom stereocenters. The van der Waals surface area contributed by atoms with Gasteiger partial charge in [0.25, 0.3) is 0 Å². The van der Waals surface area contributed by atoms with Gasteiger partial charge < -0.3 is 5.73 Å². The van der Waals surface area contributed by atoms with Crippen LogP contribution >= 0.6 is 27.4 Å². The first-order valence-corrected chi connectivity index (χ1v) is 15.1. The Balaban J connectivity index is 0.000000252. The van der Waals surface area contributed by atoms with E-state index in [0.29, 0.717) is 6.54 Å². The molecule has 0 aliphatic carbocycles. The van der Waals surface area contributed by atoms with E-state index in [1.807, 2.05) is 43.8 Å². The minimum atomic E-state index is -0.446. The molecule has 29 heavy (non-hydrogen) atoms. The van der Waals surface area contributed by atoms with E-state index in [2.05, 4.69) is 113 Å². The van der Waals surface area contributed by atoms with Crippen molar-refractivity contribution in [2.24, 2.45) is 5.73 Å². The van der Waals surface area contributed by atoms with E-state index < -0.39 is 7.92 Å². The van der Waals surface area contributed by atoms with Crippen molar-refractivity contribution < 1.29 is 15.6 Å². The van der Waals surface area contributed by atoms with Gasteiger partial charge in [0.15, 0.2) is 0 Å². The third-order valence-corrected chi connectivity index (χ3v) is 6.48. The van der Waals surface area contributed by atoms with Gasteiger partial charge in [0.05, 0.1) is 0 Å². The number of halogens is 1. The molecule has 0 bridgehead atoms. The molecule has 0 amide bonds. The molecule has 4 rings (SSSR count). The van der Waals surface area contributed by atoms with E-state index in [0.717, 1.165) is 5.56 Å². The van der Waals surface area contributed by atoms with Crippen LogP contribution in [-0.2, 0) is 22.1 Å².